The standard InChI is InChI=1S/C10H12N2S/c1-10(2)5-3-7-8(4-6-10)13-9(11)12-7/h3-6H,1-2H3,(H2,11,12). The van der Waals surface area contributed by atoms with Gasteiger partial charge in [0.05, 0.1) is 10.6 Å². The summed E-state index contributed by atoms with van der Waals surface area (Å²) >= 11 is 1.53. The first kappa shape index (κ1) is 8.51. The number of thiazole rings is 1. The van der Waals surface area contributed by atoms with Crippen LogP contribution in [0.5, 0.6) is 0 Å². The van der Waals surface area contributed by atoms with E-state index in [4.69, 9.17) is 5.73 Å². The zero-order valence-electron chi connectivity index (χ0n) is 7.74. The molecule has 0 aliphatic heterocycles. The molecule has 0 saturated heterocycles. The molecular weight excluding hydrogens is 180 g/mol. The Morgan fingerprint density at radius 2 is 2.00 bits per heavy atom. The molecule has 3 heteroatoms. The van der Waals surface area contributed by atoms with E-state index < -0.39 is 0 Å². The van der Waals surface area contributed by atoms with Crippen molar-refractivity contribution in [3.05, 3.63) is 22.7 Å². The van der Waals surface area contributed by atoms with Crippen LogP contribution in [-0.2, 0) is 0 Å². The lowest BCUT2D eigenvalue weighted by Crippen LogP contribution is -2.00. The molecule has 1 aliphatic rings. The maximum atomic E-state index is 5.62. The van der Waals surface area contributed by atoms with Gasteiger partial charge in [0.1, 0.15) is 0 Å². The Bertz CT molecular complexity index is 352. The van der Waals surface area contributed by atoms with E-state index >= 15 is 0 Å². The number of nitrogen functional groups attached to an aromatic ring is 1. The van der Waals surface area contributed by atoms with Crippen LogP contribution in [0, 0.1) is 5.41 Å². The highest BCUT2D eigenvalue weighted by Crippen LogP contribution is 2.31. The van der Waals surface area contributed by atoms with Crippen molar-refractivity contribution in [1.29, 1.82) is 0 Å². The molecule has 1 aliphatic carbocycles. The highest BCUT2D eigenvalue weighted by molar-refractivity contribution is 7.16. The van der Waals surface area contributed by atoms with Gasteiger partial charge in [-0.25, -0.2) is 4.98 Å². The Labute approximate surface area is 81.8 Å². The first-order valence-electron chi connectivity index (χ1n) is 4.22. The third-order valence-electron chi connectivity index (χ3n) is 2.03. The van der Waals surface area contributed by atoms with Crippen LogP contribution in [0.25, 0.3) is 12.2 Å². The van der Waals surface area contributed by atoms with Crippen molar-refractivity contribution in [3.8, 4) is 0 Å². The van der Waals surface area contributed by atoms with Crippen molar-refractivity contribution in [1.82, 2.24) is 4.98 Å². The van der Waals surface area contributed by atoms with E-state index in [2.05, 4.69) is 37.1 Å². The average Bonchev–Trinajstić information content (AvgIpc) is 2.34. The van der Waals surface area contributed by atoms with Gasteiger partial charge in [-0.05, 0) is 12.2 Å². The maximum Gasteiger partial charge on any atom is 0.181 e. The molecule has 0 atom stereocenters. The van der Waals surface area contributed by atoms with Crippen molar-refractivity contribution in [3.63, 3.8) is 0 Å². The molecule has 0 aromatic carbocycles. The molecule has 0 unspecified atom stereocenters. The lowest BCUT2D eigenvalue weighted by Gasteiger charge is -2.11. The summed E-state index contributed by atoms with van der Waals surface area (Å²) in [7, 11) is 0. The second-order valence-corrected chi connectivity index (χ2v) is 4.85. The number of hydrogen-bond donors (Lipinski definition) is 1. The minimum atomic E-state index is 0.120. The molecule has 0 fully saturated rings. The van der Waals surface area contributed by atoms with Crippen LogP contribution in [0.1, 0.15) is 24.4 Å². The van der Waals surface area contributed by atoms with Crippen molar-refractivity contribution in [2.45, 2.75) is 13.8 Å². The van der Waals surface area contributed by atoms with Crippen LogP contribution in [0.4, 0.5) is 5.13 Å². The summed E-state index contributed by atoms with van der Waals surface area (Å²) in [5.74, 6) is 0. The number of aromatic nitrogens is 1. The zero-order chi connectivity index (χ0) is 9.47. The van der Waals surface area contributed by atoms with E-state index in [0.717, 1.165) is 10.6 Å². The van der Waals surface area contributed by atoms with E-state index in [-0.39, 0.29) is 5.41 Å². The fourth-order valence-electron chi connectivity index (χ4n) is 1.24. The number of nitrogens with zero attached hydrogens (tertiary/aromatic N) is 1. The number of anilines is 1. The molecule has 0 spiro atoms. The van der Waals surface area contributed by atoms with E-state index in [1.165, 1.54) is 11.3 Å². The van der Waals surface area contributed by atoms with Gasteiger partial charge < -0.3 is 5.73 Å². The molecule has 0 amide bonds. The number of hydrogen-bond acceptors (Lipinski definition) is 3. The summed E-state index contributed by atoms with van der Waals surface area (Å²) in [6.45, 7) is 4.33. The topological polar surface area (TPSA) is 38.9 Å². The number of nitrogens with two attached hydrogens (primary N) is 1. The fraction of sp³-hybridized carbons (Fsp3) is 0.300. The lowest BCUT2D eigenvalue weighted by molar-refractivity contribution is 0.633. The summed E-state index contributed by atoms with van der Waals surface area (Å²) in [6, 6.07) is 0. The van der Waals surface area contributed by atoms with Crippen LogP contribution in [0.3, 0.4) is 0 Å². The minimum Gasteiger partial charge on any atom is -0.375 e. The summed E-state index contributed by atoms with van der Waals surface area (Å²) < 4.78 is 0. The van der Waals surface area contributed by atoms with Crippen LogP contribution >= 0.6 is 11.3 Å². The maximum absolute atomic E-state index is 5.62. The molecule has 1 heterocycles. The summed E-state index contributed by atoms with van der Waals surface area (Å²) in [6.07, 6.45) is 8.47. The third-order valence-corrected chi connectivity index (χ3v) is 2.90. The van der Waals surface area contributed by atoms with Crippen molar-refractivity contribution >= 4 is 28.6 Å². The predicted octanol–water partition coefficient (Wildman–Crippen LogP) is 2.79. The van der Waals surface area contributed by atoms with Gasteiger partial charge in [0.15, 0.2) is 5.13 Å². The van der Waals surface area contributed by atoms with Crippen LogP contribution < -0.4 is 5.73 Å². The largest absolute Gasteiger partial charge is 0.375 e. The minimum absolute atomic E-state index is 0.120. The van der Waals surface area contributed by atoms with E-state index in [0.29, 0.717) is 5.13 Å². The third kappa shape index (κ3) is 1.65. The zero-order valence-corrected chi connectivity index (χ0v) is 8.56. The molecule has 1 aromatic rings. The second-order valence-electron chi connectivity index (χ2n) is 3.79. The quantitative estimate of drug-likeness (QED) is 0.686. The van der Waals surface area contributed by atoms with Crippen LogP contribution in [0.15, 0.2) is 12.2 Å². The molecule has 2 nitrogen and oxygen atoms in total. The normalized spacial score (nSPS) is 18.3. The average molecular weight is 192 g/mol. The van der Waals surface area contributed by atoms with Gasteiger partial charge >= 0.3 is 0 Å². The van der Waals surface area contributed by atoms with Crippen molar-refractivity contribution < 1.29 is 0 Å². The number of fused-ring (bicyclic) bond motifs is 1. The Morgan fingerprint density at radius 1 is 1.31 bits per heavy atom. The molecule has 68 valence electrons. The monoisotopic (exact) mass is 192 g/mol. The molecule has 0 saturated carbocycles. The molecule has 2 N–H and O–H groups in total. The highest BCUT2D eigenvalue weighted by Gasteiger charge is 2.14. The van der Waals surface area contributed by atoms with Crippen molar-refractivity contribution in [2.24, 2.45) is 5.41 Å². The lowest BCUT2D eigenvalue weighted by atomic mass is 9.93. The van der Waals surface area contributed by atoms with Crippen LogP contribution in [-0.4, -0.2) is 4.98 Å². The highest BCUT2D eigenvalue weighted by atomic mass is 32.1. The van der Waals surface area contributed by atoms with Gasteiger partial charge in [0, 0.05) is 5.41 Å². The molecule has 0 radical (unpaired) electrons. The summed E-state index contributed by atoms with van der Waals surface area (Å²) in [5.41, 5.74) is 6.73. The second kappa shape index (κ2) is 2.70. The van der Waals surface area contributed by atoms with Gasteiger partial charge in [0.25, 0.3) is 0 Å². The SMILES string of the molecule is CC1(C)C=Cc2nc(N)sc2C=C1. The van der Waals surface area contributed by atoms with E-state index in [9.17, 15) is 0 Å². The fourth-order valence-corrected chi connectivity index (χ4v) is 1.96. The Morgan fingerprint density at radius 3 is 2.77 bits per heavy atom. The first-order valence-corrected chi connectivity index (χ1v) is 5.03. The molecule has 1 aromatic heterocycles. The predicted molar refractivity (Wildman–Crippen MR) is 58.4 cm³/mol. The van der Waals surface area contributed by atoms with Crippen LogP contribution in [0.2, 0.25) is 0 Å². The Hall–Kier alpha value is -1.09. The van der Waals surface area contributed by atoms with Gasteiger partial charge in [-0.1, -0.05) is 37.3 Å². The smallest absolute Gasteiger partial charge is 0.181 e. The number of rotatable bonds is 0. The van der Waals surface area contributed by atoms with Gasteiger partial charge in [-0.2, -0.15) is 0 Å². The molecule has 2 rings (SSSR count). The molecule has 0 bridgehead atoms. The Kier molecular flexibility index (Phi) is 1.77. The number of allylic oxidation sites excluding steroid dienone is 2. The van der Waals surface area contributed by atoms with Crippen molar-refractivity contribution in [2.75, 3.05) is 5.73 Å². The summed E-state index contributed by atoms with van der Waals surface area (Å²) in [4.78, 5) is 5.39. The van der Waals surface area contributed by atoms with E-state index in [1.807, 2.05) is 6.08 Å². The first-order chi connectivity index (χ1) is 6.07. The summed E-state index contributed by atoms with van der Waals surface area (Å²) in [5, 5.41) is 0.638. The molecular formula is C10H12N2S. The van der Waals surface area contributed by atoms with Gasteiger partial charge in [0.2, 0.25) is 0 Å². The van der Waals surface area contributed by atoms with Gasteiger partial charge in [-0.3, -0.25) is 0 Å². The molecule has 13 heavy (non-hydrogen) atoms. The van der Waals surface area contributed by atoms with Gasteiger partial charge in [-0.15, -0.1) is 0 Å². The van der Waals surface area contributed by atoms with E-state index in [1.54, 1.807) is 0 Å². The Balaban J connectivity index is 2.50.